The molecule has 8 heteroatoms. The smallest absolute Gasteiger partial charge is 0.414 e. The van der Waals surface area contributed by atoms with Gasteiger partial charge in [0.15, 0.2) is 0 Å². The van der Waals surface area contributed by atoms with Gasteiger partial charge in [0.25, 0.3) is 0 Å². The number of para-hydroxylation sites is 1. The normalized spacial score (nSPS) is 12.7. The number of hydrogen-bond donors (Lipinski definition) is 3. The number of nitrogens with zero attached hydrogens (tertiary/aromatic N) is 1. The molecule has 0 spiro atoms. The minimum absolute atomic E-state index is 0. The number of unbranched alkanes of at least 4 members (excludes halogenated alkanes) is 1. The van der Waals surface area contributed by atoms with Crippen LogP contribution in [0, 0.1) is 0 Å². The average Bonchev–Trinajstić information content (AvgIpc) is 2.53. The van der Waals surface area contributed by atoms with Crippen LogP contribution in [0.25, 0.3) is 0 Å². The van der Waals surface area contributed by atoms with Gasteiger partial charge in [-0.25, -0.2) is 4.79 Å². The Kier molecular flexibility index (Phi) is 9.96. The number of aliphatic hydroxyl groups excluding tert-OH is 1. The Bertz CT molecular complexity index is 487. The van der Waals surface area contributed by atoms with Gasteiger partial charge in [0.05, 0.1) is 6.61 Å². The molecule has 0 radical (unpaired) electrons. The molecule has 2 amide bonds. The van der Waals surface area contributed by atoms with E-state index in [9.17, 15) is 14.7 Å². The lowest BCUT2D eigenvalue weighted by molar-refractivity contribution is -0.127. The van der Waals surface area contributed by atoms with E-state index >= 15 is 0 Å². The van der Waals surface area contributed by atoms with E-state index in [1.807, 2.05) is 30.3 Å². The summed E-state index contributed by atoms with van der Waals surface area (Å²) in [5.74, 6) is -0.830. The van der Waals surface area contributed by atoms with Gasteiger partial charge in [0.1, 0.15) is 6.10 Å². The maximum absolute atomic E-state index is 11.8. The Labute approximate surface area is 142 Å². The number of hydrogen-bond acceptors (Lipinski definition) is 5. The molecule has 0 aliphatic rings. The predicted octanol–water partition coefficient (Wildman–Crippen LogP) is 1.03. The van der Waals surface area contributed by atoms with E-state index in [4.69, 9.17) is 16.2 Å². The van der Waals surface area contributed by atoms with Crippen LogP contribution in [0.5, 0.6) is 0 Å². The number of halogens is 1. The Morgan fingerprint density at radius 3 is 2.43 bits per heavy atom. The van der Waals surface area contributed by atoms with Crippen LogP contribution in [-0.4, -0.2) is 42.9 Å². The number of nitrogens with two attached hydrogens (primary N) is 2. The zero-order valence-corrected chi connectivity index (χ0v) is 13.9. The van der Waals surface area contributed by atoms with E-state index in [2.05, 4.69) is 0 Å². The van der Waals surface area contributed by atoms with Crippen molar-refractivity contribution in [3.63, 3.8) is 0 Å². The van der Waals surface area contributed by atoms with Crippen LogP contribution >= 0.6 is 12.4 Å². The quantitative estimate of drug-likeness (QED) is 0.608. The van der Waals surface area contributed by atoms with E-state index in [0.717, 1.165) is 5.69 Å². The fourth-order valence-electron chi connectivity index (χ4n) is 1.86. The van der Waals surface area contributed by atoms with Crippen molar-refractivity contribution in [2.45, 2.75) is 31.4 Å². The van der Waals surface area contributed by atoms with Crippen LogP contribution in [0.15, 0.2) is 30.3 Å². The maximum atomic E-state index is 11.8. The zero-order valence-electron chi connectivity index (χ0n) is 13.1. The third kappa shape index (κ3) is 7.32. The fourth-order valence-corrected chi connectivity index (χ4v) is 1.86. The lowest BCUT2D eigenvalue weighted by atomic mass is 10.0. The molecule has 1 aromatic rings. The number of carbonyl (C=O) groups is 2. The van der Waals surface area contributed by atoms with Crippen molar-refractivity contribution in [3.05, 3.63) is 30.3 Å². The number of benzene rings is 1. The fraction of sp³-hybridized carbons (Fsp3) is 0.467. The molecule has 0 saturated carbocycles. The molecule has 2 unspecified atom stereocenters. The van der Waals surface area contributed by atoms with Crippen molar-refractivity contribution in [1.82, 2.24) is 0 Å². The van der Waals surface area contributed by atoms with Gasteiger partial charge in [-0.05, 0) is 31.4 Å². The summed E-state index contributed by atoms with van der Waals surface area (Å²) in [7, 11) is 1.64. The molecule has 0 bridgehead atoms. The number of aliphatic hydroxyl groups is 1. The molecule has 2 atom stereocenters. The second-order valence-electron chi connectivity index (χ2n) is 5.02. The Morgan fingerprint density at radius 1 is 1.26 bits per heavy atom. The minimum Gasteiger partial charge on any atom is -0.449 e. The summed E-state index contributed by atoms with van der Waals surface area (Å²) in [5.41, 5.74) is 11.3. The van der Waals surface area contributed by atoms with E-state index in [-0.39, 0.29) is 19.0 Å². The highest BCUT2D eigenvalue weighted by molar-refractivity contribution is 5.86. The second-order valence-corrected chi connectivity index (χ2v) is 5.02. The molecule has 7 nitrogen and oxygen atoms in total. The molecule has 1 aromatic carbocycles. The Morgan fingerprint density at radius 2 is 1.87 bits per heavy atom. The van der Waals surface area contributed by atoms with Crippen LogP contribution < -0.4 is 16.4 Å². The van der Waals surface area contributed by atoms with E-state index in [1.54, 1.807) is 7.05 Å². The summed E-state index contributed by atoms with van der Waals surface area (Å²) in [6, 6.07) is 8.47. The highest BCUT2D eigenvalue weighted by atomic mass is 35.5. The second kappa shape index (κ2) is 10.8. The van der Waals surface area contributed by atoms with E-state index in [1.165, 1.54) is 4.90 Å². The molecule has 0 aliphatic heterocycles. The number of carbonyl (C=O) groups excluding carboxylic acids is 2. The van der Waals surface area contributed by atoms with Crippen LogP contribution in [0.2, 0.25) is 0 Å². The van der Waals surface area contributed by atoms with Gasteiger partial charge >= 0.3 is 6.09 Å². The molecule has 0 aromatic heterocycles. The molecule has 1 rings (SSSR count). The van der Waals surface area contributed by atoms with Gasteiger partial charge in [-0.3, -0.25) is 9.69 Å². The summed E-state index contributed by atoms with van der Waals surface area (Å²) >= 11 is 0. The highest BCUT2D eigenvalue weighted by Gasteiger charge is 2.19. The first-order chi connectivity index (χ1) is 10.4. The lowest BCUT2D eigenvalue weighted by Gasteiger charge is -2.17. The largest absolute Gasteiger partial charge is 0.449 e. The van der Waals surface area contributed by atoms with Crippen LogP contribution in [0.3, 0.4) is 0 Å². The highest BCUT2D eigenvalue weighted by Crippen LogP contribution is 2.12. The molecule has 23 heavy (non-hydrogen) atoms. The number of anilines is 1. The van der Waals surface area contributed by atoms with Crippen LogP contribution in [-0.2, 0) is 9.53 Å². The van der Waals surface area contributed by atoms with Crippen molar-refractivity contribution >= 4 is 30.1 Å². The summed E-state index contributed by atoms with van der Waals surface area (Å²) in [4.78, 5) is 24.0. The lowest BCUT2D eigenvalue weighted by Crippen LogP contribution is -2.43. The van der Waals surface area contributed by atoms with Gasteiger partial charge in [-0.2, -0.15) is 0 Å². The van der Waals surface area contributed by atoms with Gasteiger partial charge in [-0.1, -0.05) is 18.2 Å². The Balaban J connectivity index is 0.00000484. The number of amides is 2. The van der Waals surface area contributed by atoms with Gasteiger partial charge in [-0.15, -0.1) is 12.4 Å². The van der Waals surface area contributed by atoms with Gasteiger partial charge in [0.2, 0.25) is 5.91 Å². The SMILES string of the molecule is CN(C(=O)OCCCCC(N)C(O)C(N)=O)c1ccccc1.Cl. The molecule has 130 valence electrons. The average molecular weight is 346 g/mol. The van der Waals surface area contributed by atoms with E-state index < -0.39 is 24.1 Å². The molecule has 5 N–H and O–H groups in total. The van der Waals surface area contributed by atoms with Crippen molar-refractivity contribution in [2.75, 3.05) is 18.6 Å². The molecule has 0 aliphatic carbocycles. The molecule has 0 fully saturated rings. The van der Waals surface area contributed by atoms with Crippen LogP contribution in [0.4, 0.5) is 10.5 Å². The third-order valence-electron chi connectivity index (χ3n) is 3.27. The third-order valence-corrected chi connectivity index (χ3v) is 3.27. The molecular weight excluding hydrogens is 322 g/mol. The summed E-state index contributed by atoms with van der Waals surface area (Å²) in [5, 5.41) is 9.35. The van der Waals surface area contributed by atoms with Crippen molar-refractivity contribution in [3.8, 4) is 0 Å². The van der Waals surface area contributed by atoms with Crippen LogP contribution in [0.1, 0.15) is 19.3 Å². The van der Waals surface area contributed by atoms with Gasteiger partial charge < -0.3 is 21.3 Å². The number of rotatable bonds is 8. The maximum Gasteiger partial charge on any atom is 0.414 e. The standard InChI is InChI=1S/C15H23N3O4.ClH/c1-18(11-7-3-2-4-8-11)15(21)22-10-6-5-9-12(16)13(19)14(17)20;/h2-4,7-8,12-13,19H,5-6,9-10,16H2,1H3,(H2,17,20);1H. The number of ether oxygens (including phenoxy) is 1. The molecule has 0 heterocycles. The van der Waals surface area contributed by atoms with Crippen molar-refractivity contribution < 1.29 is 19.4 Å². The minimum atomic E-state index is -1.34. The number of primary amides is 1. The summed E-state index contributed by atoms with van der Waals surface area (Å²) < 4.78 is 5.14. The first-order valence-electron chi connectivity index (χ1n) is 7.12. The van der Waals surface area contributed by atoms with E-state index in [0.29, 0.717) is 19.3 Å². The van der Waals surface area contributed by atoms with Crippen molar-refractivity contribution in [1.29, 1.82) is 0 Å². The summed E-state index contributed by atoms with van der Waals surface area (Å²) in [6.07, 6.45) is -0.142. The zero-order chi connectivity index (χ0) is 16.5. The predicted molar refractivity (Wildman–Crippen MR) is 90.5 cm³/mol. The first kappa shape index (κ1) is 21.2. The molecule has 0 saturated heterocycles. The first-order valence-corrected chi connectivity index (χ1v) is 7.12. The molecular formula is C15H24ClN3O4. The topological polar surface area (TPSA) is 119 Å². The summed E-state index contributed by atoms with van der Waals surface area (Å²) in [6.45, 7) is 0.245. The van der Waals surface area contributed by atoms with Crippen molar-refractivity contribution in [2.24, 2.45) is 11.5 Å². The Hall–Kier alpha value is -1.83. The monoisotopic (exact) mass is 345 g/mol. The van der Waals surface area contributed by atoms with Gasteiger partial charge in [0, 0.05) is 18.8 Å².